The first kappa shape index (κ1) is 24.8. The summed E-state index contributed by atoms with van der Waals surface area (Å²) < 4.78 is 40.7. The summed E-state index contributed by atoms with van der Waals surface area (Å²) in [7, 11) is 0. The molecule has 7 nitrogen and oxygen atoms in total. The van der Waals surface area contributed by atoms with Crippen LogP contribution in [0, 0.1) is 17.8 Å². The van der Waals surface area contributed by atoms with E-state index in [1.165, 1.54) is 4.90 Å². The van der Waals surface area contributed by atoms with Crippen LogP contribution in [-0.4, -0.2) is 83.0 Å². The number of fused-ring (bicyclic) bond motifs is 1. The molecule has 2 unspecified atom stereocenters. The lowest BCUT2D eigenvalue weighted by atomic mass is 9.91. The summed E-state index contributed by atoms with van der Waals surface area (Å²) >= 11 is 0. The maximum atomic E-state index is 13.6. The Balaban J connectivity index is 1.99. The molecule has 0 aromatic rings. The molecule has 3 rings (SSSR count). The van der Waals surface area contributed by atoms with Gasteiger partial charge in [-0.05, 0) is 50.1 Å². The molecule has 4 atom stereocenters. The van der Waals surface area contributed by atoms with Gasteiger partial charge in [-0.25, -0.2) is 0 Å². The minimum absolute atomic E-state index is 0.0716. The van der Waals surface area contributed by atoms with Gasteiger partial charge >= 0.3 is 12.1 Å². The monoisotopic (exact) mass is 460 g/mol. The number of amides is 3. The Bertz CT molecular complexity index is 724. The molecule has 3 aliphatic heterocycles. The van der Waals surface area contributed by atoms with E-state index in [1.807, 2.05) is 27.7 Å². The Morgan fingerprint density at radius 2 is 1.75 bits per heavy atom. The third kappa shape index (κ3) is 4.75. The molecule has 32 heavy (non-hydrogen) atoms. The van der Waals surface area contributed by atoms with Crippen LogP contribution in [-0.2, 0) is 14.4 Å². The van der Waals surface area contributed by atoms with Gasteiger partial charge in [-0.2, -0.15) is 13.2 Å². The van der Waals surface area contributed by atoms with Crippen molar-refractivity contribution < 1.29 is 27.6 Å². The van der Waals surface area contributed by atoms with Crippen LogP contribution >= 0.6 is 0 Å². The lowest BCUT2D eigenvalue weighted by molar-refractivity contribution is -0.192. The molecule has 0 radical (unpaired) electrons. The molecule has 0 aromatic heterocycles. The van der Waals surface area contributed by atoms with Crippen LogP contribution in [0.5, 0.6) is 0 Å². The van der Waals surface area contributed by atoms with Gasteiger partial charge < -0.3 is 20.0 Å². The number of nitrogens with one attached hydrogen (secondary N) is 1. The minimum Gasteiger partial charge on any atom is -0.337 e. The van der Waals surface area contributed by atoms with E-state index >= 15 is 0 Å². The van der Waals surface area contributed by atoms with E-state index in [2.05, 4.69) is 5.32 Å². The Labute approximate surface area is 187 Å². The molecule has 0 aliphatic carbocycles. The summed E-state index contributed by atoms with van der Waals surface area (Å²) in [6.45, 7) is 9.39. The quantitative estimate of drug-likeness (QED) is 0.660. The number of piperidine rings is 1. The van der Waals surface area contributed by atoms with Gasteiger partial charge in [0.2, 0.25) is 11.8 Å². The Kier molecular flexibility index (Phi) is 7.41. The summed E-state index contributed by atoms with van der Waals surface area (Å²) in [5.74, 6) is -2.82. The molecule has 3 amide bonds. The van der Waals surface area contributed by atoms with Crippen molar-refractivity contribution in [2.75, 3.05) is 26.2 Å². The number of halogens is 3. The predicted octanol–water partition coefficient (Wildman–Crippen LogP) is 2.22. The van der Waals surface area contributed by atoms with Gasteiger partial charge in [0.15, 0.2) is 0 Å². The first-order valence-corrected chi connectivity index (χ1v) is 11.7. The molecule has 3 aliphatic rings. The summed E-state index contributed by atoms with van der Waals surface area (Å²) in [4.78, 5) is 43.0. The van der Waals surface area contributed by atoms with Crippen LogP contribution in [0.4, 0.5) is 13.2 Å². The number of alkyl halides is 3. The highest BCUT2D eigenvalue weighted by Gasteiger charge is 2.60. The van der Waals surface area contributed by atoms with E-state index in [-0.39, 0.29) is 36.6 Å². The second-order valence-electron chi connectivity index (χ2n) is 9.85. The average Bonchev–Trinajstić information content (AvgIpc) is 2.98. The van der Waals surface area contributed by atoms with Gasteiger partial charge in [-0.15, -0.1) is 0 Å². The van der Waals surface area contributed by atoms with Crippen LogP contribution in [0.1, 0.15) is 53.4 Å². The molecular formula is C22H35F3N4O3. The van der Waals surface area contributed by atoms with Crippen molar-refractivity contribution in [3.63, 3.8) is 0 Å². The second-order valence-corrected chi connectivity index (χ2v) is 9.85. The highest BCUT2D eigenvalue weighted by atomic mass is 19.4. The Morgan fingerprint density at radius 3 is 2.28 bits per heavy atom. The fourth-order valence-corrected chi connectivity index (χ4v) is 5.24. The first-order valence-electron chi connectivity index (χ1n) is 11.7. The minimum atomic E-state index is -5.08. The molecular weight excluding hydrogens is 425 g/mol. The fraction of sp³-hybridized carbons (Fsp3) is 0.864. The maximum Gasteiger partial charge on any atom is 0.471 e. The van der Waals surface area contributed by atoms with Crippen LogP contribution in [0.2, 0.25) is 0 Å². The highest BCUT2D eigenvalue weighted by Crippen LogP contribution is 2.38. The molecule has 1 N–H and O–H groups in total. The number of carbonyl (C=O) groups excluding carboxylic acids is 3. The summed E-state index contributed by atoms with van der Waals surface area (Å²) in [5, 5.41) is 3.27. The summed E-state index contributed by atoms with van der Waals surface area (Å²) in [6.07, 6.45) is -3.68. The van der Waals surface area contributed by atoms with E-state index in [4.69, 9.17) is 0 Å². The molecule has 0 saturated carbocycles. The van der Waals surface area contributed by atoms with Crippen LogP contribution in [0.25, 0.3) is 0 Å². The Hall–Kier alpha value is -1.84. The molecule has 3 heterocycles. The first-order chi connectivity index (χ1) is 15.0. The van der Waals surface area contributed by atoms with Gasteiger partial charge in [-0.1, -0.05) is 34.1 Å². The lowest BCUT2D eigenvalue weighted by Crippen LogP contribution is -2.66. The normalized spacial score (nSPS) is 28.5. The third-order valence-corrected chi connectivity index (χ3v) is 7.06. The van der Waals surface area contributed by atoms with Crippen molar-refractivity contribution >= 4 is 17.7 Å². The van der Waals surface area contributed by atoms with Gasteiger partial charge in [-0.3, -0.25) is 14.4 Å². The van der Waals surface area contributed by atoms with Crippen LogP contribution in [0.15, 0.2) is 0 Å². The van der Waals surface area contributed by atoms with E-state index in [1.54, 1.807) is 4.90 Å². The molecule has 182 valence electrons. The SMILES string of the molecule is CCC(C)[C@H]1C(=O)N(CC2CCNCC2)CC2N1C(=O)[C@H](CC(C)C)N2C(=O)C(F)(F)F. The number of carbonyl (C=O) groups is 3. The number of hydrogen-bond acceptors (Lipinski definition) is 4. The molecule has 0 spiro atoms. The largest absolute Gasteiger partial charge is 0.471 e. The average molecular weight is 461 g/mol. The highest BCUT2D eigenvalue weighted by molar-refractivity contribution is 5.97. The Morgan fingerprint density at radius 1 is 1.12 bits per heavy atom. The number of nitrogens with zero attached hydrogens (tertiary/aromatic N) is 3. The van der Waals surface area contributed by atoms with Gasteiger partial charge in [0.1, 0.15) is 18.2 Å². The van der Waals surface area contributed by atoms with Gasteiger partial charge in [0.05, 0.1) is 6.54 Å². The molecule has 0 bridgehead atoms. The maximum absolute atomic E-state index is 13.6. The van der Waals surface area contributed by atoms with Crippen molar-refractivity contribution in [2.45, 2.75) is 77.8 Å². The van der Waals surface area contributed by atoms with E-state index < -0.39 is 36.2 Å². The fourth-order valence-electron chi connectivity index (χ4n) is 5.24. The predicted molar refractivity (Wildman–Crippen MR) is 112 cm³/mol. The van der Waals surface area contributed by atoms with E-state index in [0.29, 0.717) is 13.0 Å². The molecule has 3 fully saturated rings. The summed E-state index contributed by atoms with van der Waals surface area (Å²) in [6, 6.07) is -2.05. The van der Waals surface area contributed by atoms with E-state index in [9.17, 15) is 27.6 Å². The topological polar surface area (TPSA) is 73.0 Å². The van der Waals surface area contributed by atoms with Crippen LogP contribution < -0.4 is 5.32 Å². The summed E-state index contributed by atoms with van der Waals surface area (Å²) in [5.41, 5.74) is 0. The molecule has 3 saturated heterocycles. The van der Waals surface area contributed by atoms with Gasteiger partial charge in [0, 0.05) is 6.54 Å². The van der Waals surface area contributed by atoms with Crippen molar-refractivity contribution in [2.24, 2.45) is 17.8 Å². The zero-order valence-corrected chi connectivity index (χ0v) is 19.3. The molecule has 0 aromatic carbocycles. The van der Waals surface area contributed by atoms with Crippen LogP contribution in [0.3, 0.4) is 0 Å². The third-order valence-electron chi connectivity index (χ3n) is 7.06. The standard InChI is InChI=1S/C22H35F3N4O3/c1-5-14(4)18-20(31)27(11-15-6-8-26-9-7-15)12-17-28(21(32)22(23,24)25)16(10-13(2)3)19(30)29(17)18/h13-18,26H,5-12H2,1-4H3/t14?,16-,17?,18-/m0/s1. The van der Waals surface area contributed by atoms with Crippen molar-refractivity contribution in [1.29, 1.82) is 0 Å². The van der Waals surface area contributed by atoms with Crippen molar-refractivity contribution in [3.05, 3.63) is 0 Å². The zero-order valence-electron chi connectivity index (χ0n) is 19.3. The van der Waals surface area contributed by atoms with Crippen molar-refractivity contribution in [1.82, 2.24) is 20.0 Å². The number of rotatable bonds is 6. The van der Waals surface area contributed by atoms with Crippen molar-refractivity contribution in [3.8, 4) is 0 Å². The number of hydrogen-bond donors (Lipinski definition) is 1. The van der Waals surface area contributed by atoms with Gasteiger partial charge in [0.25, 0.3) is 0 Å². The lowest BCUT2D eigenvalue weighted by Gasteiger charge is -2.47. The number of piperazine rings is 1. The smallest absolute Gasteiger partial charge is 0.337 e. The second kappa shape index (κ2) is 9.57. The molecule has 10 heteroatoms. The zero-order chi connectivity index (χ0) is 23.8. The van der Waals surface area contributed by atoms with E-state index in [0.717, 1.165) is 30.8 Å².